The molecule has 0 spiro atoms. The lowest BCUT2D eigenvalue weighted by Crippen LogP contribution is -2.04. The number of hydrogen-bond donors (Lipinski definition) is 2. The zero-order valence-electron chi connectivity index (χ0n) is 9.33. The molecule has 0 aliphatic rings. The number of ketones is 1. The predicted octanol–water partition coefficient (Wildman–Crippen LogP) is 2.55. The first-order valence-corrected chi connectivity index (χ1v) is 5.25. The van der Waals surface area contributed by atoms with Crippen molar-refractivity contribution in [3.05, 3.63) is 59.9 Å². The molecule has 2 rings (SSSR count). The maximum absolute atomic E-state index is 11.9. The summed E-state index contributed by atoms with van der Waals surface area (Å²) >= 11 is 0. The Kier molecular flexibility index (Phi) is 3.10. The summed E-state index contributed by atoms with van der Waals surface area (Å²) in [5, 5.41) is 19.2. The van der Waals surface area contributed by atoms with E-state index in [0.717, 1.165) is 10.8 Å². The normalized spacial score (nSPS) is 11.4. The maximum atomic E-state index is 11.9. The van der Waals surface area contributed by atoms with Crippen molar-refractivity contribution < 1.29 is 19.8 Å². The van der Waals surface area contributed by atoms with Crippen LogP contribution < -0.4 is 0 Å². The van der Waals surface area contributed by atoms with Crippen molar-refractivity contribution in [1.29, 1.82) is 0 Å². The zero-order valence-corrected chi connectivity index (χ0v) is 9.33. The van der Waals surface area contributed by atoms with Crippen LogP contribution in [0.2, 0.25) is 0 Å². The van der Waals surface area contributed by atoms with Crippen molar-refractivity contribution in [3.8, 4) is 0 Å². The summed E-state index contributed by atoms with van der Waals surface area (Å²) < 4.78 is 0. The van der Waals surface area contributed by atoms with E-state index in [-0.39, 0.29) is 0 Å². The average molecular weight is 242 g/mol. The molecular weight excluding hydrogens is 232 g/mol. The van der Waals surface area contributed by atoms with Gasteiger partial charge in [0, 0.05) is 11.6 Å². The fraction of sp³-hybridized carbons (Fsp3) is 0. The molecule has 0 heterocycles. The molecule has 0 saturated heterocycles. The first-order chi connectivity index (χ1) is 8.59. The van der Waals surface area contributed by atoms with Crippen LogP contribution in [0.25, 0.3) is 10.8 Å². The molecule has 0 aliphatic carbocycles. The second-order valence-electron chi connectivity index (χ2n) is 3.73. The van der Waals surface area contributed by atoms with Crippen molar-refractivity contribution in [3.63, 3.8) is 0 Å². The molecule has 0 saturated carbocycles. The van der Waals surface area contributed by atoms with Gasteiger partial charge in [-0.3, -0.25) is 4.79 Å². The van der Waals surface area contributed by atoms with Gasteiger partial charge < -0.3 is 10.2 Å². The number of allylic oxidation sites excluding steroid dienone is 1. The monoisotopic (exact) mass is 242 g/mol. The summed E-state index contributed by atoms with van der Waals surface area (Å²) in [5.74, 6) is -3.02. The number of aliphatic hydroxyl groups is 1. The first-order valence-electron chi connectivity index (χ1n) is 5.25. The molecule has 0 aliphatic heterocycles. The average Bonchev–Trinajstić information content (AvgIpc) is 2.37. The van der Waals surface area contributed by atoms with E-state index in [1.54, 1.807) is 24.3 Å². The number of aliphatic carboxylic acids is 1. The number of benzene rings is 2. The van der Waals surface area contributed by atoms with E-state index >= 15 is 0 Å². The van der Waals surface area contributed by atoms with E-state index < -0.39 is 17.5 Å². The molecule has 4 heteroatoms. The summed E-state index contributed by atoms with van der Waals surface area (Å²) in [5.41, 5.74) is 0.362. The smallest absolute Gasteiger partial charge is 0.371 e. The Hall–Kier alpha value is -2.62. The first kappa shape index (κ1) is 11.9. The highest BCUT2D eigenvalue weighted by Crippen LogP contribution is 2.19. The minimum absolute atomic E-state index is 0.362. The minimum atomic E-state index is -1.52. The van der Waals surface area contributed by atoms with Crippen LogP contribution in [0.1, 0.15) is 10.4 Å². The molecule has 0 fully saturated rings. The third-order valence-corrected chi connectivity index (χ3v) is 2.54. The van der Waals surface area contributed by atoms with Gasteiger partial charge in [0.1, 0.15) is 0 Å². The van der Waals surface area contributed by atoms with Crippen LogP contribution in [0, 0.1) is 0 Å². The molecule has 0 atom stereocenters. The second-order valence-corrected chi connectivity index (χ2v) is 3.73. The van der Waals surface area contributed by atoms with Gasteiger partial charge in [-0.15, -0.1) is 0 Å². The van der Waals surface area contributed by atoms with Crippen molar-refractivity contribution >= 4 is 22.5 Å². The summed E-state index contributed by atoms with van der Waals surface area (Å²) in [4.78, 5) is 22.3. The van der Waals surface area contributed by atoms with Gasteiger partial charge in [0.25, 0.3) is 0 Å². The number of hydrogen-bond acceptors (Lipinski definition) is 3. The number of fused-ring (bicyclic) bond motifs is 1. The zero-order chi connectivity index (χ0) is 13.1. The van der Waals surface area contributed by atoms with Crippen LogP contribution in [0.15, 0.2) is 54.3 Å². The van der Waals surface area contributed by atoms with Crippen LogP contribution in [0.5, 0.6) is 0 Å². The van der Waals surface area contributed by atoms with E-state index in [2.05, 4.69) is 0 Å². The van der Waals surface area contributed by atoms with Gasteiger partial charge in [-0.1, -0.05) is 42.5 Å². The maximum Gasteiger partial charge on any atom is 0.371 e. The van der Waals surface area contributed by atoms with Gasteiger partial charge in [-0.2, -0.15) is 0 Å². The second kappa shape index (κ2) is 4.71. The van der Waals surface area contributed by atoms with Crippen LogP contribution in [0.3, 0.4) is 0 Å². The quantitative estimate of drug-likeness (QED) is 0.492. The van der Waals surface area contributed by atoms with Crippen molar-refractivity contribution in [2.45, 2.75) is 0 Å². The number of carboxylic acids is 1. The Morgan fingerprint density at radius 2 is 1.61 bits per heavy atom. The van der Waals surface area contributed by atoms with E-state index in [9.17, 15) is 9.59 Å². The summed E-state index contributed by atoms with van der Waals surface area (Å²) in [6, 6.07) is 12.4. The molecular formula is C14H10O4. The highest BCUT2D eigenvalue weighted by molar-refractivity contribution is 6.15. The lowest BCUT2D eigenvalue weighted by Gasteiger charge is -2.02. The van der Waals surface area contributed by atoms with Crippen molar-refractivity contribution in [2.24, 2.45) is 0 Å². The van der Waals surface area contributed by atoms with E-state index in [1.165, 1.54) is 0 Å². The van der Waals surface area contributed by atoms with Gasteiger partial charge in [0.05, 0.1) is 0 Å². The number of carbonyl (C=O) groups is 2. The predicted molar refractivity (Wildman–Crippen MR) is 66.6 cm³/mol. The number of carbonyl (C=O) groups excluding carboxylic acids is 1. The topological polar surface area (TPSA) is 74.6 Å². The van der Waals surface area contributed by atoms with Crippen LogP contribution in [-0.2, 0) is 4.79 Å². The minimum Gasteiger partial charge on any atom is -0.502 e. The number of rotatable bonds is 3. The fourth-order valence-corrected chi connectivity index (χ4v) is 1.70. The largest absolute Gasteiger partial charge is 0.502 e. The molecule has 0 amide bonds. The third-order valence-electron chi connectivity index (χ3n) is 2.54. The van der Waals surface area contributed by atoms with E-state index in [1.807, 2.05) is 18.2 Å². The standard InChI is InChI=1S/C14H10O4/c15-12(8-13(16)14(17)18)11-7-3-5-9-4-1-2-6-10(9)11/h1-8,16H,(H,17,18). The van der Waals surface area contributed by atoms with Crippen molar-refractivity contribution in [2.75, 3.05) is 0 Å². The molecule has 0 bridgehead atoms. The van der Waals surface area contributed by atoms with Gasteiger partial charge in [-0.05, 0) is 10.8 Å². The van der Waals surface area contributed by atoms with Gasteiger partial charge in [0.2, 0.25) is 5.76 Å². The fourth-order valence-electron chi connectivity index (χ4n) is 1.70. The van der Waals surface area contributed by atoms with Crippen LogP contribution in [-0.4, -0.2) is 22.0 Å². The lowest BCUT2D eigenvalue weighted by molar-refractivity contribution is -0.135. The van der Waals surface area contributed by atoms with Gasteiger partial charge >= 0.3 is 5.97 Å². The molecule has 0 aromatic heterocycles. The Morgan fingerprint density at radius 1 is 0.944 bits per heavy atom. The molecule has 0 radical (unpaired) electrons. The van der Waals surface area contributed by atoms with Gasteiger partial charge in [0.15, 0.2) is 5.78 Å². The molecule has 2 aromatic rings. The third kappa shape index (κ3) is 2.22. The van der Waals surface area contributed by atoms with Crippen molar-refractivity contribution in [1.82, 2.24) is 0 Å². The Labute approximate surface area is 103 Å². The molecule has 18 heavy (non-hydrogen) atoms. The van der Waals surface area contributed by atoms with Gasteiger partial charge in [-0.25, -0.2) is 4.79 Å². The van der Waals surface area contributed by atoms with E-state index in [4.69, 9.17) is 10.2 Å². The Bertz CT molecular complexity index is 650. The SMILES string of the molecule is O=C(O)C(O)=CC(=O)c1cccc2ccccc12. The molecule has 2 N–H and O–H groups in total. The number of aliphatic hydroxyl groups excluding tert-OH is 1. The molecule has 90 valence electrons. The lowest BCUT2D eigenvalue weighted by atomic mass is 10.0. The summed E-state index contributed by atoms with van der Waals surface area (Å²) in [6.07, 6.45) is 0.712. The summed E-state index contributed by atoms with van der Waals surface area (Å²) in [6.45, 7) is 0. The van der Waals surface area contributed by atoms with Crippen LogP contribution >= 0.6 is 0 Å². The number of carboxylic acid groups (broad SMARTS) is 1. The Balaban J connectivity index is 2.52. The highest BCUT2D eigenvalue weighted by Gasteiger charge is 2.11. The molecule has 0 unspecified atom stereocenters. The van der Waals surface area contributed by atoms with E-state index in [0.29, 0.717) is 11.6 Å². The highest BCUT2D eigenvalue weighted by atomic mass is 16.4. The Morgan fingerprint density at radius 3 is 2.33 bits per heavy atom. The molecule has 2 aromatic carbocycles. The summed E-state index contributed by atoms with van der Waals surface area (Å²) in [7, 11) is 0. The molecule has 4 nitrogen and oxygen atoms in total. The van der Waals surface area contributed by atoms with Crippen LogP contribution in [0.4, 0.5) is 0 Å².